The minimum absolute atomic E-state index is 0.311. The molecule has 6 heteroatoms. The molecule has 1 aromatic heterocycles. The molecule has 0 unspecified atom stereocenters. The fraction of sp³-hybridized carbons (Fsp3) is 0.500. The lowest BCUT2D eigenvalue weighted by molar-refractivity contribution is 0.0818. The smallest absolute Gasteiger partial charge is 0.250 e. The summed E-state index contributed by atoms with van der Waals surface area (Å²) in [5, 5.41) is 0. The summed E-state index contributed by atoms with van der Waals surface area (Å²) in [6.07, 6.45) is 3.70. The van der Waals surface area contributed by atoms with Gasteiger partial charge in [-0.2, -0.15) is 0 Å². The van der Waals surface area contributed by atoms with Gasteiger partial charge in [0.1, 0.15) is 5.82 Å². The molecule has 2 heterocycles. The monoisotopic (exact) mass is 250 g/mol. The summed E-state index contributed by atoms with van der Waals surface area (Å²) >= 11 is 0. The van der Waals surface area contributed by atoms with Crippen molar-refractivity contribution in [1.29, 1.82) is 0 Å². The van der Waals surface area contributed by atoms with Crippen LogP contribution in [0.15, 0.2) is 12.3 Å². The van der Waals surface area contributed by atoms with Crippen LogP contribution in [0.2, 0.25) is 0 Å². The predicted octanol–water partition coefficient (Wildman–Crippen LogP) is 0.378. The zero-order chi connectivity index (χ0) is 13.1. The topological polar surface area (TPSA) is 94.5 Å². The third-order valence-electron chi connectivity index (χ3n) is 3.29. The highest BCUT2D eigenvalue weighted by Crippen LogP contribution is 2.22. The average Bonchev–Trinajstić information content (AvgIpc) is 2.39. The minimum atomic E-state index is -0.525. The molecular formula is C12H18N4O2. The molecule has 18 heavy (non-hydrogen) atoms. The Morgan fingerprint density at radius 3 is 2.72 bits per heavy atom. The van der Waals surface area contributed by atoms with E-state index in [-0.39, 0.29) is 0 Å². The third kappa shape index (κ3) is 2.53. The summed E-state index contributed by atoms with van der Waals surface area (Å²) in [6, 6.07) is 1.66. The highest BCUT2D eigenvalue weighted by atomic mass is 16.5. The molecule has 1 fully saturated rings. The van der Waals surface area contributed by atoms with Gasteiger partial charge in [-0.05, 0) is 18.9 Å². The second-order valence-corrected chi connectivity index (χ2v) is 4.42. The maximum absolute atomic E-state index is 11.2. The van der Waals surface area contributed by atoms with Crippen LogP contribution in [-0.2, 0) is 4.74 Å². The number of nitrogens with zero attached hydrogens (tertiary/aromatic N) is 2. The van der Waals surface area contributed by atoms with Gasteiger partial charge in [-0.1, -0.05) is 0 Å². The molecule has 0 saturated carbocycles. The van der Waals surface area contributed by atoms with Gasteiger partial charge in [0.15, 0.2) is 0 Å². The zero-order valence-electron chi connectivity index (χ0n) is 10.4. The molecule has 1 aliphatic heterocycles. The number of pyridine rings is 1. The van der Waals surface area contributed by atoms with Gasteiger partial charge in [0, 0.05) is 20.2 Å². The number of carbonyl (C=O) groups is 1. The molecule has 0 spiro atoms. The van der Waals surface area contributed by atoms with Crippen molar-refractivity contribution in [2.75, 3.05) is 30.8 Å². The quantitative estimate of drug-likeness (QED) is 0.808. The van der Waals surface area contributed by atoms with E-state index < -0.39 is 5.91 Å². The van der Waals surface area contributed by atoms with E-state index in [1.807, 2.05) is 0 Å². The number of carbonyl (C=O) groups excluding carboxylic acids is 1. The summed E-state index contributed by atoms with van der Waals surface area (Å²) in [5.74, 6) is 0.218. The number of ether oxygens (including phenoxy) is 1. The molecule has 2 rings (SSSR count). The third-order valence-corrected chi connectivity index (χ3v) is 3.29. The van der Waals surface area contributed by atoms with Crippen LogP contribution in [0.1, 0.15) is 23.2 Å². The van der Waals surface area contributed by atoms with E-state index in [4.69, 9.17) is 16.2 Å². The lowest BCUT2D eigenvalue weighted by Crippen LogP contribution is -2.37. The summed E-state index contributed by atoms with van der Waals surface area (Å²) < 4.78 is 5.32. The first-order valence-electron chi connectivity index (χ1n) is 5.95. The van der Waals surface area contributed by atoms with Crippen molar-refractivity contribution >= 4 is 17.4 Å². The Balaban J connectivity index is 2.15. The summed E-state index contributed by atoms with van der Waals surface area (Å²) in [4.78, 5) is 17.6. The fourth-order valence-electron chi connectivity index (χ4n) is 2.16. The Kier molecular flexibility index (Phi) is 3.66. The van der Waals surface area contributed by atoms with E-state index in [1.165, 1.54) is 6.20 Å². The fourth-order valence-corrected chi connectivity index (χ4v) is 2.16. The Morgan fingerprint density at radius 2 is 2.17 bits per heavy atom. The largest absolute Gasteiger partial charge is 0.397 e. The normalized spacial score (nSPS) is 16.8. The number of rotatable bonds is 3. The molecule has 1 saturated heterocycles. The molecule has 4 N–H and O–H groups in total. The maximum Gasteiger partial charge on any atom is 0.250 e. The van der Waals surface area contributed by atoms with E-state index >= 15 is 0 Å². The van der Waals surface area contributed by atoms with E-state index in [9.17, 15) is 4.79 Å². The number of hydrogen-bond donors (Lipinski definition) is 2. The number of amides is 1. The Bertz CT molecular complexity index is 442. The van der Waals surface area contributed by atoms with E-state index in [0.717, 1.165) is 31.7 Å². The lowest BCUT2D eigenvalue weighted by Gasteiger charge is -2.32. The SMILES string of the molecule is COC1CCN(c2cc(C(N)=O)c(N)cn2)CC1. The number of piperidine rings is 1. The average molecular weight is 250 g/mol. The van der Waals surface area contributed by atoms with Crippen molar-refractivity contribution in [3.63, 3.8) is 0 Å². The van der Waals surface area contributed by atoms with Crippen LogP contribution in [0.25, 0.3) is 0 Å². The van der Waals surface area contributed by atoms with Crippen LogP contribution in [-0.4, -0.2) is 37.2 Å². The number of anilines is 2. The molecule has 0 bridgehead atoms. The summed E-state index contributed by atoms with van der Waals surface area (Å²) in [7, 11) is 1.73. The molecule has 1 amide bonds. The highest BCUT2D eigenvalue weighted by molar-refractivity contribution is 5.98. The molecule has 0 aromatic carbocycles. The van der Waals surface area contributed by atoms with E-state index in [2.05, 4.69) is 9.88 Å². The van der Waals surface area contributed by atoms with Gasteiger partial charge in [0.25, 0.3) is 5.91 Å². The summed E-state index contributed by atoms with van der Waals surface area (Å²) in [6.45, 7) is 1.71. The number of aromatic nitrogens is 1. The molecule has 0 aliphatic carbocycles. The second kappa shape index (κ2) is 5.22. The Morgan fingerprint density at radius 1 is 1.50 bits per heavy atom. The van der Waals surface area contributed by atoms with Gasteiger partial charge in [0.2, 0.25) is 0 Å². The standard InChI is InChI=1S/C12H18N4O2/c1-18-8-2-4-16(5-3-8)11-6-9(12(14)17)10(13)7-15-11/h6-8H,2-5,13H2,1H3,(H2,14,17). The zero-order valence-corrected chi connectivity index (χ0v) is 10.4. The molecular weight excluding hydrogens is 232 g/mol. The highest BCUT2D eigenvalue weighted by Gasteiger charge is 2.20. The van der Waals surface area contributed by atoms with Crippen molar-refractivity contribution in [3.05, 3.63) is 17.8 Å². The minimum Gasteiger partial charge on any atom is -0.397 e. The Labute approximate surface area is 106 Å². The lowest BCUT2D eigenvalue weighted by atomic mass is 10.1. The van der Waals surface area contributed by atoms with Crippen molar-refractivity contribution in [1.82, 2.24) is 4.98 Å². The van der Waals surface area contributed by atoms with Crippen molar-refractivity contribution in [2.24, 2.45) is 5.73 Å². The number of hydrogen-bond acceptors (Lipinski definition) is 5. The van der Waals surface area contributed by atoms with Gasteiger partial charge in [0.05, 0.1) is 23.6 Å². The molecule has 0 atom stereocenters. The van der Waals surface area contributed by atoms with Gasteiger partial charge >= 0.3 is 0 Å². The number of primary amides is 1. The second-order valence-electron chi connectivity index (χ2n) is 4.42. The van der Waals surface area contributed by atoms with Gasteiger partial charge < -0.3 is 21.1 Å². The van der Waals surface area contributed by atoms with E-state index in [1.54, 1.807) is 13.2 Å². The van der Waals surface area contributed by atoms with Crippen LogP contribution in [0.5, 0.6) is 0 Å². The first-order chi connectivity index (χ1) is 8.61. The van der Waals surface area contributed by atoms with Gasteiger partial charge in [-0.25, -0.2) is 4.98 Å². The first-order valence-corrected chi connectivity index (χ1v) is 5.95. The van der Waals surface area contributed by atoms with Crippen molar-refractivity contribution < 1.29 is 9.53 Å². The maximum atomic E-state index is 11.2. The van der Waals surface area contributed by atoms with Crippen molar-refractivity contribution in [3.8, 4) is 0 Å². The number of methoxy groups -OCH3 is 1. The molecule has 1 aliphatic rings. The van der Waals surface area contributed by atoms with Crippen molar-refractivity contribution in [2.45, 2.75) is 18.9 Å². The van der Waals surface area contributed by atoms with Crippen LogP contribution in [0.4, 0.5) is 11.5 Å². The molecule has 98 valence electrons. The molecule has 1 aromatic rings. The van der Waals surface area contributed by atoms with Crippen LogP contribution in [0, 0.1) is 0 Å². The predicted molar refractivity (Wildman–Crippen MR) is 69.4 cm³/mol. The van der Waals surface area contributed by atoms with Crippen LogP contribution in [0.3, 0.4) is 0 Å². The Hall–Kier alpha value is -1.82. The number of nitrogens with two attached hydrogens (primary N) is 2. The summed E-state index contributed by atoms with van der Waals surface area (Å²) in [5.41, 5.74) is 11.6. The van der Waals surface area contributed by atoms with E-state index in [0.29, 0.717) is 17.4 Å². The van der Waals surface area contributed by atoms with Gasteiger partial charge in [-0.15, -0.1) is 0 Å². The number of nitrogen functional groups attached to an aromatic ring is 1. The molecule has 6 nitrogen and oxygen atoms in total. The molecule has 0 radical (unpaired) electrons. The van der Waals surface area contributed by atoms with Crippen LogP contribution < -0.4 is 16.4 Å². The first kappa shape index (κ1) is 12.6. The van der Waals surface area contributed by atoms with Crippen LogP contribution >= 0.6 is 0 Å². The van der Waals surface area contributed by atoms with Gasteiger partial charge in [-0.3, -0.25) is 4.79 Å².